The van der Waals surface area contributed by atoms with Gasteiger partial charge in [-0.2, -0.15) is 0 Å². The molecule has 0 spiro atoms. The van der Waals surface area contributed by atoms with Crippen molar-refractivity contribution in [1.82, 2.24) is 4.90 Å². The summed E-state index contributed by atoms with van der Waals surface area (Å²) < 4.78 is 11.4. The first-order chi connectivity index (χ1) is 10.6. The molecule has 1 aromatic rings. The summed E-state index contributed by atoms with van der Waals surface area (Å²) in [6, 6.07) is 5.31. The van der Waals surface area contributed by atoms with E-state index >= 15 is 0 Å². The molecule has 2 rings (SSSR count). The van der Waals surface area contributed by atoms with Crippen molar-refractivity contribution in [2.45, 2.75) is 27.2 Å². The number of benzene rings is 1. The van der Waals surface area contributed by atoms with Crippen LogP contribution < -0.4 is 9.47 Å². The lowest BCUT2D eigenvalue weighted by Crippen LogP contribution is -2.40. The highest BCUT2D eigenvalue weighted by Gasteiger charge is 2.21. The van der Waals surface area contributed by atoms with Gasteiger partial charge in [-0.1, -0.05) is 13.8 Å². The lowest BCUT2D eigenvalue weighted by Gasteiger charge is -2.34. The van der Waals surface area contributed by atoms with Crippen LogP contribution in [0.3, 0.4) is 0 Å². The summed E-state index contributed by atoms with van der Waals surface area (Å²) in [5.41, 5.74) is 0.606. The molecule has 0 saturated carbocycles. The molecule has 0 radical (unpaired) electrons. The largest absolute Gasteiger partial charge is 0.490 e. The Morgan fingerprint density at radius 3 is 2.55 bits per heavy atom. The summed E-state index contributed by atoms with van der Waals surface area (Å²) in [5.74, 6) is 2.88. The van der Waals surface area contributed by atoms with E-state index in [2.05, 4.69) is 18.7 Å². The van der Waals surface area contributed by atoms with Crippen molar-refractivity contribution < 1.29 is 14.3 Å². The first kappa shape index (κ1) is 16.8. The van der Waals surface area contributed by atoms with Crippen LogP contribution in [-0.2, 0) is 0 Å². The molecule has 1 saturated heterocycles. The number of carbonyl (C=O) groups excluding carboxylic acids is 1. The lowest BCUT2D eigenvalue weighted by molar-refractivity contribution is 0.112. The van der Waals surface area contributed by atoms with Gasteiger partial charge < -0.3 is 9.47 Å². The molecule has 0 unspecified atom stereocenters. The Labute approximate surface area is 133 Å². The maximum atomic E-state index is 10.9. The van der Waals surface area contributed by atoms with Gasteiger partial charge in [0.25, 0.3) is 0 Å². The van der Waals surface area contributed by atoms with Crippen LogP contribution in [0.5, 0.6) is 11.5 Å². The zero-order valence-corrected chi connectivity index (χ0v) is 13.9. The molecule has 2 atom stereocenters. The first-order valence-electron chi connectivity index (χ1n) is 8.19. The third-order valence-corrected chi connectivity index (χ3v) is 4.01. The van der Waals surface area contributed by atoms with E-state index in [0.717, 1.165) is 37.8 Å². The fourth-order valence-corrected chi connectivity index (χ4v) is 3.24. The van der Waals surface area contributed by atoms with Crippen molar-refractivity contribution in [3.8, 4) is 11.5 Å². The van der Waals surface area contributed by atoms with E-state index in [1.54, 1.807) is 12.1 Å². The zero-order chi connectivity index (χ0) is 15.9. The van der Waals surface area contributed by atoms with Gasteiger partial charge in [-0.25, -0.2) is 0 Å². The Morgan fingerprint density at radius 2 is 1.91 bits per heavy atom. The number of ether oxygens (including phenoxy) is 2. The Hall–Kier alpha value is -1.55. The quantitative estimate of drug-likeness (QED) is 0.725. The molecule has 0 aliphatic carbocycles. The van der Waals surface area contributed by atoms with Crippen molar-refractivity contribution in [2.24, 2.45) is 11.8 Å². The third-order valence-electron chi connectivity index (χ3n) is 4.01. The normalized spacial score (nSPS) is 22.3. The van der Waals surface area contributed by atoms with E-state index in [1.165, 1.54) is 6.42 Å². The van der Waals surface area contributed by atoms with Crippen LogP contribution in [0.4, 0.5) is 0 Å². The standard InChI is InChI=1S/C18H27NO3/c1-4-21-18-10-16(13-20)5-6-17(18)22-8-7-19-11-14(2)9-15(3)12-19/h5-6,10,13-15H,4,7-9,11-12H2,1-3H3/t14-,15+. The molecule has 0 amide bonds. The molecule has 1 aliphatic rings. The second kappa shape index (κ2) is 8.18. The van der Waals surface area contributed by atoms with Gasteiger partial charge >= 0.3 is 0 Å². The summed E-state index contributed by atoms with van der Waals surface area (Å²) in [6.07, 6.45) is 2.14. The fourth-order valence-electron chi connectivity index (χ4n) is 3.24. The number of likely N-dealkylation sites (tertiary alicyclic amines) is 1. The van der Waals surface area contributed by atoms with Crippen LogP contribution in [0.2, 0.25) is 0 Å². The minimum Gasteiger partial charge on any atom is -0.490 e. The lowest BCUT2D eigenvalue weighted by atomic mass is 9.92. The Kier molecular flexibility index (Phi) is 6.25. The Morgan fingerprint density at radius 1 is 1.18 bits per heavy atom. The van der Waals surface area contributed by atoms with Crippen LogP contribution in [0.15, 0.2) is 18.2 Å². The molecular formula is C18H27NO3. The molecule has 122 valence electrons. The van der Waals surface area contributed by atoms with Gasteiger partial charge in [-0.15, -0.1) is 0 Å². The highest BCUT2D eigenvalue weighted by Crippen LogP contribution is 2.28. The molecule has 0 aromatic heterocycles. The summed E-state index contributed by atoms with van der Waals surface area (Å²) >= 11 is 0. The monoisotopic (exact) mass is 305 g/mol. The maximum Gasteiger partial charge on any atom is 0.161 e. The smallest absolute Gasteiger partial charge is 0.161 e. The molecule has 22 heavy (non-hydrogen) atoms. The third kappa shape index (κ3) is 4.73. The van der Waals surface area contributed by atoms with Crippen LogP contribution in [-0.4, -0.2) is 44.0 Å². The molecule has 0 N–H and O–H groups in total. The van der Waals surface area contributed by atoms with Crippen molar-refractivity contribution in [3.63, 3.8) is 0 Å². The van der Waals surface area contributed by atoms with Crippen LogP contribution in [0, 0.1) is 11.8 Å². The number of carbonyl (C=O) groups is 1. The van der Waals surface area contributed by atoms with Gasteiger partial charge in [0, 0.05) is 25.2 Å². The Balaban J connectivity index is 1.89. The molecule has 1 heterocycles. The van der Waals surface area contributed by atoms with Gasteiger partial charge in [-0.05, 0) is 43.4 Å². The van der Waals surface area contributed by atoms with E-state index in [4.69, 9.17) is 9.47 Å². The first-order valence-corrected chi connectivity index (χ1v) is 8.19. The zero-order valence-electron chi connectivity index (χ0n) is 13.9. The summed E-state index contributed by atoms with van der Waals surface area (Å²) in [7, 11) is 0. The average molecular weight is 305 g/mol. The fraction of sp³-hybridized carbons (Fsp3) is 0.611. The maximum absolute atomic E-state index is 10.9. The molecule has 4 heteroatoms. The molecule has 1 aliphatic heterocycles. The SMILES string of the molecule is CCOc1cc(C=O)ccc1OCCN1C[C@H](C)C[C@H](C)C1. The molecule has 1 aromatic carbocycles. The van der Waals surface area contributed by atoms with Gasteiger partial charge in [-0.3, -0.25) is 9.69 Å². The average Bonchev–Trinajstić information content (AvgIpc) is 2.48. The molecule has 1 fully saturated rings. The number of hydrogen-bond acceptors (Lipinski definition) is 4. The van der Waals surface area contributed by atoms with E-state index < -0.39 is 0 Å². The predicted molar refractivity (Wildman–Crippen MR) is 87.9 cm³/mol. The van der Waals surface area contributed by atoms with Gasteiger partial charge in [0.15, 0.2) is 11.5 Å². The van der Waals surface area contributed by atoms with Gasteiger partial charge in [0.05, 0.1) is 6.61 Å². The van der Waals surface area contributed by atoms with Crippen molar-refractivity contribution >= 4 is 6.29 Å². The minimum absolute atomic E-state index is 0.555. The minimum atomic E-state index is 0.555. The van der Waals surface area contributed by atoms with Crippen molar-refractivity contribution in [2.75, 3.05) is 32.8 Å². The van der Waals surface area contributed by atoms with E-state index in [9.17, 15) is 4.79 Å². The van der Waals surface area contributed by atoms with Crippen LogP contribution in [0.25, 0.3) is 0 Å². The number of hydrogen-bond donors (Lipinski definition) is 0. The Bertz CT molecular complexity index is 479. The highest BCUT2D eigenvalue weighted by molar-refractivity contribution is 5.76. The summed E-state index contributed by atoms with van der Waals surface area (Å²) in [4.78, 5) is 13.3. The van der Waals surface area contributed by atoms with Gasteiger partial charge in [0.2, 0.25) is 0 Å². The van der Waals surface area contributed by atoms with E-state index in [-0.39, 0.29) is 0 Å². The summed E-state index contributed by atoms with van der Waals surface area (Å²) in [5, 5.41) is 0. The molecule has 0 bridgehead atoms. The van der Waals surface area contributed by atoms with E-state index in [1.807, 2.05) is 13.0 Å². The van der Waals surface area contributed by atoms with Crippen LogP contribution >= 0.6 is 0 Å². The number of nitrogens with zero attached hydrogens (tertiary/aromatic N) is 1. The topological polar surface area (TPSA) is 38.8 Å². The van der Waals surface area contributed by atoms with Crippen molar-refractivity contribution in [3.05, 3.63) is 23.8 Å². The van der Waals surface area contributed by atoms with Crippen molar-refractivity contribution in [1.29, 1.82) is 0 Å². The van der Waals surface area contributed by atoms with Crippen LogP contribution in [0.1, 0.15) is 37.6 Å². The second-order valence-corrected chi connectivity index (χ2v) is 6.31. The number of aldehydes is 1. The second-order valence-electron chi connectivity index (χ2n) is 6.31. The predicted octanol–water partition coefficient (Wildman–Crippen LogP) is 3.25. The van der Waals surface area contributed by atoms with Gasteiger partial charge in [0.1, 0.15) is 12.9 Å². The highest BCUT2D eigenvalue weighted by atomic mass is 16.5. The molecular weight excluding hydrogens is 278 g/mol. The summed E-state index contributed by atoms with van der Waals surface area (Å²) in [6.45, 7) is 11.0. The molecule has 4 nitrogen and oxygen atoms in total. The van der Waals surface area contributed by atoms with E-state index in [0.29, 0.717) is 30.3 Å². The number of rotatable bonds is 7. The number of piperidine rings is 1.